The number of ether oxygens (including phenoxy) is 2. The van der Waals surface area contributed by atoms with Crippen molar-refractivity contribution < 1.29 is 19.4 Å². The van der Waals surface area contributed by atoms with Crippen molar-refractivity contribution in [2.24, 2.45) is 10.9 Å². The molecule has 0 radical (unpaired) electrons. The van der Waals surface area contributed by atoms with E-state index in [4.69, 9.17) is 4.74 Å². The van der Waals surface area contributed by atoms with Crippen molar-refractivity contribution in [1.29, 1.82) is 0 Å². The fraction of sp³-hybridized carbons (Fsp3) is 0.450. The zero-order chi connectivity index (χ0) is 20.0. The molecule has 0 saturated carbocycles. The molecule has 0 aromatic carbocycles. The average Bonchev–Trinajstić information content (AvgIpc) is 3.28. The summed E-state index contributed by atoms with van der Waals surface area (Å²) < 4.78 is 10.1. The molecule has 1 aliphatic rings. The second kappa shape index (κ2) is 9.21. The second-order valence-electron chi connectivity index (χ2n) is 6.79. The van der Waals surface area contributed by atoms with Gasteiger partial charge in [-0.25, -0.2) is 9.78 Å². The van der Waals surface area contributed by atoms with Gasteiger partial charge in [0.05, 0.1) is 30.3 Å². The van der Waals surface area contributed by atoms with Gasteiger partial charge < -0.3 is 14.6 Å². The predicted octanol–water partition coefficient (Wildman–Crippen LogP) is 3.38. The first-order chi connectivity index (χ1) is 12.7. The lowest BCUT2D eigenvalue weighted by Gasteiger charge is -2.15. The Bertz CT molecular complexity index is 784. The lowest BCUT2D eigenvalue weighted by molar-refractivity contribution is -0.134. The Morgan fingerprint density at radius 2 is 2.11 bits per heavy atom. The predicted molar refractivity (Wildman–Crippen MR) is 107 cm³/mol. The van der Waals surface area contributed by atoms with Crippen LogP contribution in [0.4, 0.5) is 0 Å². The molecule has 1 aliphatic heterocycles. The van der Waals surface area contributed by atoms with Gasteiger partial charge in [-0.1, -0.05) is 25.2 Å². The molecule has 0 saturated heterocycles. The number of allylic oxidation sites excluding steroid dienone is 2. The number of rotatable bonds is 8. The van der Waals surface area contributed by atoms with Crippen LogP contribution in [-0.4, -0.2) is 42.1 Å². The molecule has 0 bridgehead atoms. The minimum atomic E-state index is -0.947. The summed E-state index contributed by atoms with van der Waals surface area (Å²) in [4.78, 5) is 20.3. The summed E-state index contributed by atoms with van der Waals surface area (Å²) in [7, 11) is 2.97. The SMILES string of the molecule is COC(=O)C=CC(C)C(C=CC1=CCC(c2csc(C(C)(C)O)n2)=N1)OC. The highest BCUT2D eigenvalue weighted by Crippen LogP contribution is 2.26. The third kappa shape index (κ3) is 5.95. The smallest absolute Gasteiger partial charge is 0.330 e. The van der Waals surface area contributed by atoms with Crippen LogP contribution in [0, 0.1) is 5.92 Å². The van der Waals surface area contributed by atoms with Crippen molar-refractivity contribution in [2.45, 2.75) is 38.9 Å². The number of aromatic nitrogens is 1. The van der Waals surface area contributed by atoms with E-state index < -0.39 is 5.60 Å². The Hall–Kier alpha value is -2.09. The second-order valence-corrected chi connectivity index (χ2v) is 7.65. The van der Waals surface area contributed by atoms with Gasteiger partial charge >= 0.3 is 5.97 Å². The first kappa shape index (κ1) is 21.2. The molecule has 1 N–H and O–H groups in total. The Balaban J connectivity index is 2.03. The van der Waals surface area contributed by atoms with Crippen molar-refractivity contribution in [1.82, 2.24) is 4.98 Å². The molecule has 27 heavy (non-hydrogen) atoms. The minimum absolute atomic E-state index is 0.00341. The molecule has 0 amide bonds. The van der Waals surface area contributed by atoms with E-state index in [9.17, 15) is 9.90 Å². The summed E-state index contributed by atoms with van der Waals surface area (Å²) in [5.41, 5.74) is 1.58. The normalized spacial score (nSPS) is 17.3. The lowest BCUT2D eigenvalue weighted by atomic mass is 10.0. The monoisotopic (exact) mass is 390 g/mol. The maximum Gasteiger partial charge on any atom is 0.330 e. The highest BCUT2D eigenvalue weighted by Gasteiger charge is 2.22. The number of hydrogen-bond donors (Lipinski definition) is 1. The molecule has 7 heteroatoms. The van der Waals surface area contributed by atoms with Crippen molar-refractivity contribution in [3.63, 3.8) is 0 Å². The highest BCUT2D eigenvalue weighted by atomic mass is 32.1. The first-order valence-corrected chi connectivity index (χ1v) is 9.56. The van der Waals surface area contributed by atoms with Gasteiger partial charge in [0, 0.05) is 30.9 Å². The fourth-order valence-corrected chi connectivity index (χ4v) is 3.32. The Labute approximate surface area is 163 Å². The van der Waals surface area contributed by atoms with Gasteiger partial charge in [0.2, 0.25) is 0 Å². The molecule has 2 heterocycles. The molecule has 146 valence electrons. The average molecular weight is 391 g/mol. The quantitative estimate of drug-likeness (QED) is 0.544. The number of methoxy groups -OCH3 is 2. The number of aliphatic hydroxyl groups is 1. The summed E-state index contributed by atoms with van der Waals surface area (Å²) in [5, 5.41) is 12.6. The van der Waals surface area contributed by atoms with Crippen molar-refractivity contribution in [3.05, 3.63) is 52.2 Å². The molecule has 0 spiro atoms. The molecular formula is C20H26N2O4S. The topological polar surface area (TPSA) is 81.0 Å². The molecule has 6 nitrogen and oxygen atoms in total. The Morgan fingerprint density at radius 3 is 2.70 bits per heavy atom. The molecule has 2 unspecified atom stereocenters. The van der Waals surface area contributed by atoms with E-state index in [0.717, 1.165) is 17.1 Å². The van der Waals surface area contributed by atoms with E-state index in [-0.39, 0.29) is 18.0 Å². The van der Waals surface area contributed by atoms with Crippen LogP contribution in [0.5, 0.6) is 0 Å². The fourth-order valence-electron chi connectivity index (χ4n) is 2.47. The van der Waals surface area contributed by atoms with Gasteiger partial charge in [-0.2, -0.15) is 0 Å². The Kier molecular flexibility index (Phi) is 7.24. The number of carbonyl (C=O) groups excluding carboxylic acids is 1. The van der Waals surface area contributed by atoms with E-state index in [0.29, 0.717) is 11.4 Å². The van der Waals surface area contributed by atoms with Crippen LogP contribution in [0.15, 0.2) is 46.4 Å². The molecule has 1 aromatic rings. The summed E-state index contributed by atoms with van der Waals surface area (Å²) in [6.07, 6.45) is 9.53. The third-order valence-electron chi connectivity index (χ3n) is 4.08. The van der Waals surface area contributed by atoms with Gasteiger partial charge in [0.25, 0.3) is 0 Å². The van der Waals surface area contributed by atoms with Crippen LogP contribution < -0.4 is 0 Å². The van der Waals surface area contributed by atoms with E-state index in [1.807, 2.05) is 30.5 Å². The van der Waals surface area contributed by atoms with Gasteiger partial charge in [-0.3, -0.25) is 4.99 Å². The van der Waals surface area contributed by atoms with Crippen LogP contribution in [0.3, 0.4) is 0 Å². The van der Waals surface area contributed by atoms with Crippen molar-refractivity contribution in [3.8, 4) is 0 Å². The number of esters is 1. The number of carbonyl (C=O) groups is 1. The van der Waals surface area contributed by atoms with Gasteiger partial charge in [0.1, 0.15) is 10.6 Å². The number of thiazole rings is 1. The van der Waals surface area contributed by atoms with Crippen LogP contribution in [0.2, 0.25) is 0 Å². The van der Waals surface area contributed by atoms with Crippen LogP contribution >= 0.6 is 11.3 Å². The molecule has 2 atom stereocenters. The molecular weight excluding hydrogens is 364 g/mol. The van der Waals surface area contributed by atoms with Gasteiger partial charge in [-0.05, 0) is 19.9 Å². The van der Waals surface area contributed by atoms with E-state index in [1.165, 1.54) is 24.5 Å². The minimum Gasteiger partial charge on any atom is -0.466 e. The van der Waals surface area contributed by atoms with E-state index in [2.05, 4.69) is 14.7 Å². The van der Waals surface area contributed by atoms with Crippen LogP contribution in [-0.2, 0) is 19.9 Å². The number of aliphatic imine (C=N–C) groups is 1. The first-order valence-electron chi connectivity index (χ1n) is 8.68. The van der Waals surface area contributed by atoms with Gasteiger partial charge in [0.15, 0.2) is 0 Å². The molecule has 2 rings (SSSR count). The summed E-state index contributed by atoms with van der Waals surface area (Å²) in [5.74, 6) is -0.384. The van der Waals surface area contributed by atoms with E-state index in [1.54, 1.807) is 27.0 Å². The molecule has 0 aliphatic carbocycles. The van der Waals surface area contributed by atoms with Crippen molar-refractivity contribution in [2.75, 3.05) is 14.2 Å². The zero-order valence-corrected chi connectivity index (χ0v) is 17.1. The standard InChI is InChI=1S/C20H26N2O4S/c1-13(6-11-18(23)26-5)17(25-4)10-8-14-7-9-15(21-14)16-12-27-19(22-16)20(2,3)24/h6-8,10-13,17,24H,9H2,1-5H3. The number of nitrogens with zero attached hydrogens (tertiary/aromatic N) is 2. The maximum absolute atomic E-state index is 11.2. The van der Waals surface area contributed by atoms with Crippen LogP contribution in [0.1, 0.15) is 37.9 Å². The Morgan fingerprint density at radius 1 is 1.37 bits per heavy atom. The van der Waals surface area contributed by atoms with E-state index >= 15 is 0 Å². The third-order valence-corrected chi connectivity index (χ3v) is 5.23. The van der Waals surface area contributed by atoms with Crippen molar-refractivity contribution >= 4 is 23.0 Å². The number of hydrogen-bond acceptors (Lipinski definition) is 7. The van der Waals surface area contributed by atoms with Crippen LogP contribution in [0.25, 0.3) is 0 Å². The highest BCUT2D eigenvalue weighted by molar-refractivity contribution is 7.10. The summed E-state index contributed by atoms with van der Waals surface area (Å²) in [6, 6.07) is 0. The molecule has 0 fully saturated rings. The zero-order valence-electron chi connectivity index (χ0n) is 16.3. The summed E-state index contributed by atoms with van der Waals surface area (Å²) in [6.45, 7) is 5.40. The lowest BCUT2D eigenvalue weighted by Crippen LogP contribution is -2.16. The molecule has 1 aromatic heterocycles. The maximum atomic E-state index is 11.2. The largest absolute Gasteiger partial charge is 0.466 e. The van der Waals surface area contributed by atoms with Gasteiger partial charge in [-0.15, -0.1) is 11.3 Å². The summed E-state index contributed by atoms with van der Waals surface area (Å²) >= 11 is 1.43.